The van der Waals surface area contributed by atoms with E-state index in [-0.39, 0.29) is 0 Å². The number of pyridine rings is 3. The molecule has 0 aliphatic heterocycles. The van der Waals surface area contributed by atoms with E-state index in [9.17, 15) is 0 Å². The van der Waals surface area contributed by atoms with Crippen LogP contribution in [0.4, 0.5) is 21.6 Å². The van der Waals surface area contributed by atoms with Crippen molar-refractivity contribution in [1.82, 2.24) is 34.7 Å². The minimum absolute atomic E-state index is 0.886. The van der Waals surface area contributed by atoms with Crippen LogP contribution in [0.25, 0.3) is 21.7 Å². The average molecular weight is 816 g/mol. The first-order valence-corrected chi connectivity index (χ1v) is 21.5. The Morgan fingerprint density at radius 1 is 0.508 bits per heavy atom. The Hall–Kier alpha value is -6.11. The van der Waals surface area contributed by atoms with Crippen LogP contribution < -0.4 is 10.6 Å². The Morgan fingerprint density at radius 2 is 1.07 bits per heavy atom. The number of anilines is 4. The van der Waals surface area contributed by atoms with Crippen LogP contribution in [0.3, 0.4) is 0 Å². The average Bonchev–Trinajstić information content (AvgIpc) is 3.97. The van der Waals surface area contributed by atoms with Gasteiger partial charge in [-0.25, -0.2) is 9.97 Å². The molecule has 5 aromatic heterocycles. The smallest absolute Gasteiger partial charge is 0.187 e. The SMILES string of the molecule is CN(CCc1ccc(Nc2nc(-c3cccnc3)cs2)cc1)CCc1cccnc1.CN(CCc1ccc(Nc2ncc(-c3cccnc3)s2)cc1)Cc1ccccc1. The molecule has 0 bridgehead atoms. The van der Waals surface area contributed by atoms with Crippen LogP contribution >= 0.6 is 22.7 Å². The number of hydrogen-bond donors (Lipinski definition) is 2. The molecule has 0 atom stereocenters. The molecule has 0 spiro atoms. The zero-order valence-electron chi connectivity index (χ0n) is 33.5. The van der Waals surface area contributed by atoms with E-state index >= 15 is 0 Å². The van der Waals surface area contributed by atoms with Gasteiger partial charge in [-0.3, -0.25) is 15.0 Å². The molecule has 0 fully saturated rings. The molecule has 0 saturated heterocycles. The van der Waals surface area contributed by atoms with Gasteiger partial charge in [0.2, 0.25) is 0 Å². The summed E-state index contributed by atoms with van der Waals surface area (Å²) in [5.74, 6) is 0. The lowest BCUT2D eigenvalue weighted by atomic mass is 10.1. The van der Waals surface area contributed by atoms with Crippen molar-refractivity contribution in [2.75, 3.05) is 44.4 Å². The number of thiazole rings is 2. The lowest BCUT2D eigenvalue weighted by Crippen LogP contribution is -2.23. The van der Waals surface area contributed by atoms with Gasteiger partial charge in [-0.15, -0.1) is 11.3 Å². The molecule has 3 aromatic carbocycles. The third-order valence-corrected chi connectivity index (χ3v) is 11.4. The quantitative estimate of drug-likeness (QED) is 0.0931. The first-order chi connectivity index (χ1) is 29.0. The number of rotatable bonds is 17. The molecule has 5 heterocycles. The summed E-state index contributed by atoms with van der Waals surface area (Å²) < 4.78 is 0. The fourth-order valence-electron chi connectivity index (χ4n) is 6.30. The van der Waals surface area contributed by atoms with Crippen molar-refractivity contribution < 1.29 is 0 Å². The summed E-state index contributed by atoms with van der Waals surface area (Å²) in [6.45, 7) is 4.08. The standard InChI is InChI=1S/C24H25N5S.C24H24N4S/c1-29(15-11-20-4-2-12-25-16-20)14-10-19-6-8-22(9-7-19)27-24-28-23(18-30-24)21-5-3-13-26-17-21;1-28(18-20-6-3-2-4-7-20)15-13-19-9-11-22(12-10-19)27-24-26-17-23(29-24)21-8-5-14-25-16-21/h2-9,12-13,16-18H,10-11,14-15H2,1H3,(H,27,28);2-12,14,16-17H,13,15,18H2,1H3,(H,26,27). The summed E-state index contributed by atoms with van der Waals surface area (Å²) in [6.07, 6.45) is 16.0. The topological polar surface area (TPSA) is 95.0 Å². The molecule has 0 amide bonds. The van der Waals surface area contributed by atoms with E-state index in [2.05, 4.69) is 150 Å². The lowest BCUT2D eigenvalue weighted by Gasteiger charge is -2.16. The highest BCUT2D eigenvalue weighted by Gasteiger charge is 2.08. The van der Waals surface area contributed by atoms with Crippen LogP contribution in [0.1, 0.15) is 22.3 Å². The Balaban J connectivity index is 0.000000179. The van der Waals surface area contributed by atoms with Crippen molar-refractivity contribution in [1.29, 1.82) is 0 Å². The number of likely N-dealkylation sites (N-methyl/N-ethyl adjacent to an activating group) is 2. The van der Waals surface area contributed by atoms with Crippen molar-refractivity contribution in [2.45, 2.75) is 25.8 Å². The molecule has 59 heavy (non-hydrogen) atoms. The van der Waals surface area contributed by atoms with Gasteiger partial charge in [0, 0.05) is 97.4 Å². The summed E-state index contributed by atoms with van der Waals surface area (Å²) >= 11 is 3.23. The normalized spacial score (nSPS) is 11.0. The third kappa shape index (κ3) is 13.2. The largest absolute Gasteiger partial charge is 0.332 e. The summed E-state index contributed by atoms with van der Waals surface area (Å²) in [6, 6.07) is 39.9. The molecule has 0 aliphatic carbocycles. The van der Waals surface area contributed by atoms with Gasteiger partial charge in [0.05, 0.1) is 10.6 Å². The maximum atomic E-state index is 4.66. The van der Waals surface area contributed by atoms with E-state index in [0.29, 0.717) is 0 Å². The second kappa shape index (κ2) is 21.6. The molecule has 11 heteroatoms. The van der Waals surface area contributed by atoms with Gasteiger partial charge in [-0.1, -0.05) is 78.1 Å². The number of hydrogen-bond acceptors (Lipinski definition) is 11. The molecular weight excluding hydrogens is 767 g/mol. The van der Waals surface area contributed by atoms with E-state index in [1.54, 1.807) is 35.1 Å². The van der Waals surface area contributed by atoms with Crippen molar-refractivity contribution in [3.05, 3.63) is 186 Å². The second-order valence-corrected chi connectivity index (χ2v) is 16.2. The molecule has 0 aliphatic rings. The minimum atomic E-state index is 0.886. The van der Waals surface area contributed by atoms with E-state index in [0.717, 1.165) is 88.8 Å². The molecule has 8 aromatic rings. The van der Waals surface area contributed by atoms with Gasteiger partial charge in [0.25, 0.3) is 0 Å². The number of aromatic nitrogens is 5. The maximum absolute atomic E-state index is 4.66. The van der Waals surface area contributed by atoms with Crippen molar-refractivity contribution in [3.63, 3.8) is 0 Å². The predicted octanol–water partition coefficient (Wildman–Crippen LogP) is 10.7. The van der Waals surface area contributed by atoms with E-state index in [1.807, 2.05) is 61.3 Å². The molecule has 8 rings (SSSR count). The highest BCUT2D eigenvalue weighted by molar-refractivity contribution is 7.19. The molecule has 9 nitrogen and oxygen atoms in total. The van der Waals surface area contributed by atoms with E-state index in [1.165, 1.54) is 22.3 Å². The Morgan fingerprint density at radius 3 is 1.68 bits per heavy atom. The Bertz CT molecular complexity index is 2390. The maximum Gasteiger partial charge on any atom is 0.187 e. The fourth-order valence-corrected chi connectivity index (χ4v) is 7.87. The molecule has 0 saturated carbocycles. The number of nitrogens with zero attached hydrogens (tertiary/aromatic N) is 7. The van der Waals surface area contributed by atoms with Gasteiger partial charge >= 0.3 is 0 Å². The zero-order chi connectivity index (χ0) is 40.5. The number of benzene rings is 3. The second-order valence-electron chi connectivity index (χ2n) is 14.3. The van der Waals surface area contributed by atoms with Gasteiger partial charge in [0.15, 0.2) is 10.3 Å². The van der Waals surface area contributed by atoms with Crippen LogP contribution in [0, 0.1) is 0 Å². The van der Waals surface area contributed by atoms with Crippen LogP contribution in [-0.2, 0) is 25.8 Å². The lowest BCUT2D eigenvalue weighted by molar-refractivity contribution is 0.331. The van der Waals surface area contributed by atoms with E-state index < -0.39 is 0 Å². The summed E-state index contributed by atoms with van der Waals surface area (Å²) in [5, 5.41) is 10.6. The summed E-state index contributed by atoms with van der Waals surface area (Å²) in [5.41, 5.74) is 10.5. The Kier molecular flexibility index (Phi) is 15.0. The molecule has 298 valence electrons. The predicted molar refractivity (Wildman–Crippen MR) is 246 cm³/mol. The summed E-state index contributed by atoms with van der Waals surface area (Å²) in [7, 11) is 4.35. The molecule has 2 N–H and O–H groups in total. The summed E-state index contributed by atoms with van der Waals surface area (Å²) in [4.78, 5) is 27.5. The van der Waals surface area contributed by atoms with Crippen LogP contribution in [0.15, 0.2) is 164 Å². The van der Waals surface area contributed by atoms with E-state index in [4.69, 9.17) is 0 Å². The van der Waals surface area contributed by atoms with Crippen LogP contribution in [-0.4, -0.2) is 68.4 Å². The minimum Gasteiger partial charge on any atom is -0.332 e. The van der Waals surface area contributed by atoms with Crippen molar-refractivity contribution in [3.8, 4) is 21.7 Å². The monoisotopic (exact) mass is 815 g/mol. The molecule has 0 radical (unpaired) electrons. The van der Waals surface area contributed by atoms with Gasteiger partial charge in [-0.2, -0.15) is 0 Å². The Labute approximate surface area is 355 Å². The van der Waals surface area contributed by atoms with Crippen molar-refractivity contribution >= 4 is 44.3 Å². The van der Waals surface area contributed by atoms with Gasteiger partial charge < -0.3 is 20.4 Å². The highest BCUT2D eigenvalue weighted by Crippen LogP contribution is 2.30. The van der Waals surface area contributed by atoms with Crippen LogP contribution in [0.2, 0.25) is 0 Å². The van der Waals surface area contributed by atoms with Gasteiger partial charge in [0.1, 0.15) is 0 Å². The zero-order valence-corrected chi connectivity index (χ0v) is 35.1. The van der Waals surface area contributed by atoms with Crippen molar-refractivity contribution in [2.24, 2.45) is 0 Å². The molecule has 0 unspecified atom stereocenters. The number of nitrogens with one attached hydrogen (secondary N) is 2. The molecular formula is C48H49N9S2. The van der Waals surface area contributed by atoms with Crippen LogP contribution in [0.5, 0.6) is 0 Å². The first kappa shape index (κ1) is 41.1. The first-order valence-electron chi connectivity index (χ1n) is 19.8. The fraction of sp³-hybridized carbons (Fsp3) is 0.188. The van der Waals surface area contributed by atoms with Gasteiger partial charge in [-0.05, 0) is 104 Å². The third-order valence-electron chi connectivity index (χ3n) is 9.69. The highest BCUT2D eigenvalue weighted by atomic mass is 32.1.